The second kappa shape index (κ2) is 5.03. The monoisotopic (exact) mass is 395 g/mol. The lowest BCUT2D eigenvalue weighted by Crippen LogP contribution is -1.96. The maximum Gasteiger partial charge on any atom is 0.338 e. The van der Waals surface area contributed by atoms with E-state index in [0.29, 0.717) is 17.0 Å². The average molecular weight is 397 g/mol. The highest BCUT2D eigenvalue weighted by Crippen LogP contribution is 2.33. The third-order valence-electron chi connectivity index (χ3n) is 2.81. The fourth-order valence-electron chi connectivity index (χ4n) is 1.90. The van der Waals surface area contributed by atoms with Gasteiger partial charge in [-0.3, -0.25) is 0 Å². The average Bonchev–Trinajstić information content (AvgIpc) is 2.81. The number of hydrogen-bond acceptors (Lipinski definition) is 3. The predicted octanol–water partition coefficient (Wildman–Crippen LogP) is 4.72. The molecule has 0 spiro atoms. The number of carboxylic acids is 1. The molecule has 0 aliphatic rings. The summed E-state index contributed by atoms with van der Waals surface area (Å²) in [6.45, 7) is 0. The van der Waals surface area contributed by atoms with E-state index in [0.717, 1.165) is 14.5 Å². The number of oxazole rings is 1. The van der Waals surface area contributed by atoms with Crippen LogP contribution in [0, 0.1) is 0 Å². The van der Waals surface area contributed by atoms with Crippen LogP contribution in [0.25, 0.3) is 22.6 Å². The number of para-hydroxylation sites is 1. The summed E-state index contributed by atoms with van der Waals surface area (Å²) in [4.78, 5) is 15.5. The second-order valence-corrected chi connectivity index (χ2v) is 5.87. The van der Waals surface area contributed by atoms with Crippen LogP contribution in [0.2, 0.25) is 0 Å². The van der Waals surface area contributed by atoms with Gasteiger partial charge >= 0.3 is 5.97 Å². The molecule has 20 heavy (non-hydrogen) atoms. The van der Waals surface area contributed by atoms with Gasteiger partial charge in [-0.1, -0.05) is 22.0 Å². The van der Waals surface area contributed by atoms with Crippen LogP contribution in [-0.4, -0.2) is 16.1 Å². The fraction of sp³-hybridized carbons (Fsp3) is 0. The van der Waals surface area contributed by atoms with Crippen molar-refractivity contribution in [1.82, 2.24) is 4.98 Å². The van der Waals surface area contributed by atoms with E-state index in [1.165, 1.54) is 6.07 Å². The summed E-state index contributed by atoms with van der Waals surface area (Å²) >= 11 is 6.82. The Kier molecular flexibility index (Phi) is 3.35. The SMILES string of the molecule is O=C(O)c1cccc2oc(-c3ccc(Br)cc3Br)nc12. The van der Waals surface area contributed by atoms with E-state index in [9.17, 15) is 4.79 Å². The molecule has 0 unspecified atom stereocenters. The van der Waals surface area contributed by atoms with Crippen LogP contribution in [0.3, 0.4) is 0 Å². The highest BCUT2D eigenvalue weighted by atomic mass is 79.9. The van der Waals surface area contributed by atoms with Crippen LogP contribution in [0.5, 0.6) is 0 Å². The van der Waals surface area contributed by atoms with Crippen LogP contribution in [0.15, 0.2) is 49.8 Å². The van der Waals surface area contributed by atoms with Crippen LogP contribution < -0.4 is 0 Å². The highest BCUT2D eigenvalue weighted by Gasteiger charge is 2.16. The quantitative estimate of drug-likeness (QED) is 0.680. The Bertz CT molecular complexity index is 826. The topological polar surface area (TPSA) is 63.3 Å². The van der Waals surface area contributed by atoms with Gasteiger partial charge in [0.25, 0.3) is 0 Å². The van der Waals surface area contributed by atoms with E-state index in [1.807, 2.05) is 18.2 Å². The smallest absolute Gasteiger partial charge is 0.338 e. The fourth-order valence-corrected chi connectivity index (χ4v) is 3.12. The van der Waals surface area contributed by atoms with Crippen molar-refractivity contribution in [2.45, 2.75) is 0 Å². The molecule has 1 heterocycles. The summed E-state index contributed by atoms with van der Waals surface area (Å²) in [5.74, 6) is -0.640. The maximum absolute atomic E-state index is 11.2. The first-order valence-electron chi connectivity index (χ1n) is 5.64. The molecule has 0 saturated heterocycles. The number of halogens is 2. The normalized spacial score (nSPS) is 10.9. The summed E-state index contributed by atoms with van der Waals surface area (Å²) in [5, 5.41) is 9.16. The first kappa shape index (κ1) is 13.3. The Hall–Kier alpha value is -1.66. The molecule has 3 rings (SSSR count). The molecule has 0 bridgehead atoms. The Labute approximate surface area is 130 Å². The van der Waals surface area contributed by atoms with E-state index in [-0.39, 0.29) is 5.56 Å². The molecule has 0 radical (unpaired) electrons. The molecule has 6 heteroatoms. The van der Waals surface area contributed by atoms with Gasteiger partial charge in [0.15, 0.2) is 5.58 Å². The lowest BCUT2D eigenvalue weighted by atomic mass is 10.2. The number of rotatable bonds is 2. The Morgan fingerprint density at radius 1 is 1.20 bits per heavy atom. The number of aromatic nitrogens is 1. The van der Waals surface area contributed by atoms with Gasteiger partial charge in [-0.2, -0.15) is 0 Å². The van der Waals surface area contributed by atoms with E-state index >= 15 is 0 Å². The molecular formula is C14H7Br2NO3. The van der Waals surface area contributed by atoms with Gasteiger partial charge in [-0.05, 0) is 46.3 Å². The van der Waals surface area contributed by atoms with Crippen LogP contribution in [0.1, 0.15) is 10.4 Å². The number of carbonyl (C=O) groups is 1. The summed E-state index contributed by atoms with van der Waals surface area (Å²) in [6.07, 6.45) is 0. The molecule has 1 aromatic heterocycles. The molecular weight excluding hydrogens is 390 g/mol. The molecule has 100 valence electrons. The van der Waals surface area contributed by atoms with Gasteiger partial charge in [0, 0.05) is 8.95 Å². The first-order valence-corrected chi connectivity index (χ1v) is 7.23. The highest BCUT2D eigenvalue weighted by molar-refractivity contribution is 9.11. The van der Waals surface area contributed by atoms with Gasteiger partial charge < -0.3 is 9.52 Å². The van der Waals surface area contributed by atoms with Crippen LogP contribution in [-0.2, 0) is 0 Å². The minimum absolute atomic E-state index is 0.130. The van der Waals surface area contributed by atoms with Crippen molar-refractivity contribution in [2.24, 2.45) is 0 Å². The van der Waals surface area contributed by atoms with Crippen molar-refractivity contribution in [3.63, 3.8) is 0 Å². The van der Waals surface area contributed by atoms with Gasteiger partial charge in [-0.25, -0.2) is 9.78 Å². The van der Waals surface area contributed by atoms with Crippen molar-refractivity contribution in [2.75, 3.05) is 0 Å². The predicted molar refractivity (Wildman–Crippen MR) is 81.8 cm³/mol. The molecule has 0 saturated carbocycles. The first-order chi connectivity index (χ1) is 9.56. The lowest BCUT2D eigenvalue weighted by Gasteiger charge is -1.99. The van der Waals surface area contributed by atoms with Gasteiger partial charge in [0.05, 0.1) is 11.1 Å². The third kappa shape index (κ3) is 2.25. The number of carboxylic acid groups (broad SMARTS) is 1. The lowest BCUT2D eigenvalue weighted by molar-refractivity contribution is 0.0699. The largest absolute Gasteiger partial charge is 0.478 e. The van der Waals surface area contributed by atoms with Crippen molar-refractivity contribution < 1.29 is 14.3 Å². The van der Waals surface area contributed by atoms with Crippen molar-refractivity contribution in [3.05, 3.63) is 50.9 Å². The van der Waals surface area contributed by atoms with E-state index in [4.69, 9.17) is 9.52 Å². The molecule has 4 nitrogen and oxygen atoms in total. The molecule has 3 aromatic rings. The van der Waals surface area contributed by atoms with Gasteiger partial charge in [0.2, 0.25) is 5.89 Å². The van der Waals surface area contributed by atoms with Crippen LogP contribution in [0.4, 0.5) is 0 Å². The Balaban J connectivity index is 2.23. The number of benzene rings is 2. The summed E-state index contributed by atoms with van der Waals surface area (Å²) < 4.78 is 7.39. The minimum Gasteiger partial charge on any atom is -0.478 e. The number of aromatic carboxylic acids is 1. The zero-order valence-corrected chi connectivity index (χ0v) is 13.1. The standard InChI is InChI=1S/C14H7Br2NO3/c15-7-4-5-8(10(16)6-7)13-17-12-9(14(18)19)2-1-3-11(12)20-13/h1-6H,(H,18,19). The molecule has 0 aliphatic carbocycles. The molecule has 2 aromatic carbocycles. The Morgan fingerprint density at radius 2 is 2.00 bits per heavy atom. The molecule has 0 fully saturated rings. The minimum atomic E-state index is -1.02. The van der Waals surface area contributed by atoms with E-state index in [1.54, 1.807) is 12.1 Å². The summed E-state index contributed by atoms with van der Waals surface area (Å²) in [6, 6.07) is 10.4. The van der Waals surface area contributed by atoms with Gasteiger partial charge in [-0.15, -0.1) is 0 Å². The van der Waals surface area contributed by atoms with Crippen LogP contribution >= 0.6 is 31.9 Å². The zero-order valence-electron chi connectivity index (χ0n) is 9.93. The summed E-state index contributed by atoms with van der Waals surface area (Å²) in [7, 11) is 0. The summed E-state index contributed by atoms with van der Waals surface area (Å²) in [5.41, 5.74) is 1.70. The third-order valence-corrected chi connectivity index (χ3v) is 3.96. The number of hydrogen-bond donors (Lipinski definition) is 1. The van der Waals surface area contributed by atoms with E-state index < -0.39 is 5.97 Å². The molecule has 1 N–H and O–H groups in total. The zero-order chi connectivity index (χ0) is 14.3. The molecule has 0 aliphatic heterocycles. The van der Waals surface area contributed by atoms with Gasteiger partial charge in [0.1, 0.15) is 5.52 Å². The maximum atomic E-state index is 11.2. The second-order valence-electron chi connectivity index (χ2n) is 4.10. The Morgan fingerprint density at radius 3 is 2.70 bits per heavy atom. The molecule has 0 atom stereocenters. The van der Waals surface area contributed by atoms with Crippen molar-refractivity contribution >= 4 is 48.9 Å². The van der Waals surface area contributed by atoms with E-state index in [2.05, 4.69) is 36.8 Å². The number of fused-ring (bicyclic) bond motifs is 1. The number of nitrogens with zero attached hydrogens (tertiary/aromatic N) is 1. The molecule has 0 amide bonds. The van der Waals surface area contributed by atoms with Crippen molar-refractivity contribution in [1.29, 1.82) is 0 Å². The van der Waals surface area contributed by atoms with Crippen molar-refractivity contribution in [3.8, 4) is 11.5 Å².